The third-order valence-electron chi connectivity index (χ3n) is 4.23. The fourth-order valence-corrected chi connectivity index (χ4v) is 3.16. The maximum absolute atomic E-state index is 12.9. The SMILES string of the molecule is CCOc1cc(-c2ccc(F)cc2)ccc1C(=O)OC.COC(=O)c1ccc(I)cc1O. The van der Waals surface area contributed by atoms with E-state index in [1.54, 1.807) is 36.4 Å². The molecule has 3 rings (SSSR count). The normalized spacial score (nSPS) is 9.91. The summed E-state index contributed by atoms with van der Waals surface area (Å²) in [5, 5.41) is 9.29. The largest absolute Gasteiger partial charge is 0.507 e. The number of aromatic hydroxyl groups is 1. The van der Waals surface area contributed by atoms with Gasteiger partial charge in [0, 0.05) is 3.57 Å². The quantitative estimate of drug-likeness (QED) is 0.335. The summed E-state index contributed by atoms with van der Waals surface area (Å²) < 4.78 is 28.4. The van der Waals surface area contributed by atoms with Crippen molar-refractivity contribution in [2.45, 2.75) is 6.92 Å². The van der Waals surface area contributed by atoms with Crippen LogP contribution in [-0.4, -0.2) is 37.9 Å². The van der Waals surface area contributed by atoms with Crippen molar-refractivity contribution in [3.8, 4) is 22.6 Å². The lowest BCUT2D eigenvalue weighted by molar-refractivity contribution is 0.0587. The highest BCUT2D eigenvalue weighted by Gasteiger charge is 2.14. The fraction of sp³-hybridized carbons (Fsp3) is 0.167. The first-order valence-corrected chi connectivity index (χ1v) is 10.6. The lowest BCUT2D eigenvalue weighted by atomic mass is 10.0. The second kappa shape index (κ2) is 12.0. The van der Waals surface area contributed by atoms with Crippen molar-refractivity contribution >= 4 is 34.5 Å². The lowest BCUT2D eigenvalue weighted by Crippen LogP contribution is -2.05. The topological polar surface area (TPSA) is 82.1 Å². The van der Waals surface area contributed by atoms with Crippen molar-refractivity contribution in [2.75, 3.05) is 20.8 Å². The number of rotatable bonds is 5. The molecule has 6 nitrogen and oxygen atoms in total. The highest BCUT2D eigenvalue weighted by molar-refractivity contribution is 14.1. The Balaban J connectivity index is 0.000000258. The van der Waals surface area contributed by atoms with Gasteiger partial charge in [-0.1, -0.05) is 18.2 Å². The number of carbonyl (C=O) groups excluding carboxylic acids is 2. The standard InChI is InChI=1S/C16H15FO3.C8H7IO3/c1-3-20-15-10-12(6-9-14(15)16(18)19-2)11-4-7-13(17)8-5-11;1-12-8(11)6-3-2-5(9)4-7(6)10/h4-10H,3H2,1-2H3;2-4,10H,1H3. The van der Waals surface area contributed by atoms with Gasteiger partial charge in [0.1, 0.15) is 28.4 Å². The summed E-state index contributed by atoms with van der Waals surface area (Å²) in [6.45, 7) is 2.28. The highest BCUT2D eigenvalue weighted by Crippen LogP contribution is 2.28. The summed E-state index contributed by atoms with van der Waals surface area (Å²) >= 11 is 2.05. The molecule has 3 aromatic rings. The maximum atomic E-state index is 12.9. The van der Waals surface area contributed by atoms with Gasteiger partial charge in [-0.2, -0.15) is 0 Å². The summed E-state index contributed by atoms with van der Waals surface area (Å²) in [7, 11) is 2.60. The molecule has 0 saturated carbocycles. The van der Waals surface area contributed by atoms with Crippen molar-refractivity contribution in [3.05, 3.63) is 81.2 Å². The van der Waals surface area contributed by atoms with Gasteiger partial charge in [-0.15, -0.1) is 0 Å². The number of hydrogen-bond donors (Lipinski definition) is 1. The molecule has 8 heteroatoms. The van der Waals surface area contributed by atoms with Crippen LogP contribution in [0.15, 0.2) is 60.7 Å². The van der Waals surface area contributed by atoms with E-state index >= 15 is 0 Å². The zero-order valence-electron chi connectivity index (χ0n) is 17.7. The van der Waals surface area contributed by atoms with E-state index in [0.717, 1.165) is 14.7 Å². The van der Waals surface area contributed by atoms with Gasteiger partial charge < -0.3 is 19.3 Å². The number of halogens is 2. The first-order valence-electron chi connectivity index (χ1n) is 9.48. The summed E-state index contributed by atoms with van der Waals surface area (Å²) in [6.07, 6.45) is 0. The molecule has 0 amide bonds. The number of hydrogen-bond acceptors (Lipinski definition) is 6. The number of benzene rings is 3. The third-order valence-corrected chi connectivity index (χ3v) is 4.90. The first-order chi connectivity index (χ1) is 15.3. The second-order valence-electron chi connectivity index (χ2n) is 6.30. The van der Waals surface area contributed by atoms with Gasteiger partial charge >= 0.3 is 11.9 Å². The average Bonchev–Trinajstić information content (AvgIpc) is 2.79. The minimum absolute atomic E-state index is 0.0475. The summed E-state index contributed by atoms with van der Waals surface area (Å²) in [6, 6.07) is 16.1. The van der Waals surface area contributed by atoms with E-state index in [0.29, 0.717) is 17.9 Å². The molecular formula is C24H22FIO6. The van der Waals surface area contributed by atoms with Crippen LogP contribution in [-0.2, 0) is 9.47 Å². The van der Waals surface area contributed by atoms with Gasteiger partial charge in [-0.05, 0) is 83.1 Å². The Labute approximate surface area is 199 Å². The fourth-order valence-electron chi connectivity index (χ4n) is 2.69. The molecule has 1 N–H and O–H groups in total. The molecule has 0 aliphatic rings. The molecule has 0 heterocycles. The number of esters is 2. The molecule has 0 aliphatic carbocycles. The van der Waals surface area contributed by atoms with E-state index < -0.39 is 11.9 Å². The third kappa shape index (κ3) is 6.68. The number of ether oxygens (including phenoxy) is 3. The van der Waals surface area contributed by atoms with Crippen molar-refractivity contribution in [1.29, 1.82) is 0 Å². The van der Waals surface area contributed by atoms with Crippen LogP contribution in [0.2, 0.25) is 0 Å². The molecule has 0 aromatic heterocycles. The predicted molar refractivity (Wildman–Crippen MR) is 127 cm³/mol. The van der Waals surface area contributed by atoms with Gasteiger partial charge in [0.2, 0.25) is 0 Å². The Morgan fingerprint density at radius 3 is 2.00 bits per heavy atom. The Bertz CT molecular complexity index is 1080. The van der Waals surface area contributed by atoms with Crippen LogP contribution in [0.3, 0.4) is 0 Å². The number of carbonyl (C=O) groups is 2. The lowest BCUT2D eigenvalue weighted by Gasteiger charge is -2.11. The van der Waals surface area contributed by atoms with E-state index in [-0.39, 0.29) is 17.1 Å². The number of phenols is 1. The first kappa shape index (κ1) is 25.1. The van der Waals surface area contributed by atoms with E-state index in [1.807, 2.05) is 29.5 Å². The van der Waals surface area contributed by atoms with Crippen molar-refractivity contribution < 1.29 is 33.3 Å². The molecule has 0 fully saturated rings. The van der Waals surface area contributed by atoms with Crippen molar-refractivity contribution in [1.82, 2.24) is 0 Å². The monoisotopic (exact) mass is 552 g/mol. The molecule has 0 unspecified atom stereocenters. The highest BCUT2D eigenvalue weighted by atomic mass is 127. The smallest absolute Gasteiger partial charge is 0.341 e. The zero-order valence-corrected chi connectivity index (χ0v) is 19.9. The van der Waals surface area contributed by atoms with Crippen LogP contribution in [0.25, 0.3) is 11.1 Å². The van der Waals surface area contributed by atoms with Crippen molar-refractivity contribution in [3.63, 3.8) is 0 Å². The van der Waals surface area contributed by atoms with Gasteiger partial charge in [-0.25, -0.2) is 14.0 Å². The van der Waals surface area contributed by atoms with E-state index in [2.05, 4.69) is 4.74 Å². The molecule has 0 saturated heterocycles. The van der Waals surface area contributed by atoms with Crippen LogP contribution in [0, 0.1) is 9.39 Å². The van der Waals surface area contributed by atoms with E-state index in [9.17, 15) is 19.1 Å². The molecular weight excluding hydrogens is 530 g/mol. The number of methoxy groups -OCH3 is 2. The zero-order chi connectivity index (χ0) is 23.7. The average molecular weight is 552 g/mol. The molecule has 0 aliphatic heterocycles. The molecule has 3 aromatic carbocycles. The molecule has 0 atom stereocenters. The van der Waals surface area contributed by atoms with Gasteiger partial charge in [-0.3, -0.25) is 0 Å². The predicted octanol–water partition coefficient (Wildman–Crippen LogP) is 5.46. The Morgan fingerprint density at radius 2 is 1.44 bits per heavy atom. The van der Waals surface area contributed by atoms with Crippen LogP contribution < -0.4 is 4.74 Å². The Hall–Kier alpha value is -3.14. The minimum Gasteiger partial charge on any atom is -0.507 e. The van der Waals surface area contributed by atoms with Crippen molar-refractivity contribution in [2.24, 2.45) is 0 Å². The van der Waals surface area contributed by atoms with E-state index in [4.69, 9.17) is 9.47 Å². The van der Waals surface area contributed by atoms with Crippen LogP contribution in [0.4, 0.5) is 4.39 Å². The summed E-state index contributed by atoms with van der Waals surface area (Å²) in [4.78, 5) is 22.6. The molecule has 0 bridgehead atoms. The molecule has 0 radical (unpaired) electrons. The van der Waals surface area contributed by atoms with Gasteiger partial charge in [0.05, 0.1) is 20.8 Å². The van der Waals surface area contributed by atoms with Gasteiger partial charge in [0.25, 0.3) is 0 Å². The second-order valence-corrected chi connectivity index (χ2v) is 7.54. The molecule has 0 spiro atoms. The van der Waals surface area contributed by atoms with Crippen LogP contribution in [0.1, 0.15) is 27.6 Å². The molecule has 168 valence electrons. The van der Waals surface area contributed by atoms with Gasteiger partial charge in [0.15, 0.2) is 0 Å². The summed E-state index contributed by atoms with van der Waals surface area (Å²) in [5.74, 6) is -0.845. The van der Waals surface area contributed by atoms with E-state index in [1.165, 1.54) is 38.5 Å². The number of phenolic OH excluding ortho intramolecular Hbond substituents is 1. The van der Waals surface area contributed by atoms with Crippen LogP contribution >= 0.6 is 22.6 Å². The summed E-state index contributed by atoms with van der Waals surface area (Å²) in [5.41, 5.74) is 2.27. The minimum atomic E-state index is -0.524. The Kier molecular flexibility index (Phi) is 9.45. The molecule has 32 heavy (non-hydrogen) atoms. The van der Waals surface area contributed by atoms with Crippen LogP contribution in [0.5, 0.6) is 11.5 Å². The maximum Gasteiger partial charge on any atom is 0.341 e. The Morgan fingerprint density at radius 1 is 0.875 bits per heavy atom.